The van der Waals surface area contributed by atoms with Gasteiger partial charge in [-0.2, -0.15) is 0 Å². The number of thiophene rings is 1. The number of benzene rings is 1. The van der Waals surface area contributed by atoms with Crippen molar-refractivity contribution in [1.29, 1.82) is 0 Å². The topological polar surface area (TPSA) is 17.1 Å². The van der Waals surface area contributed by atoms with E-state index < -0.39 is 0 Å². The van der Waals surface area contributed by atoms with Gasteiger partial charge in [-0.3, -0.25) is 0 Å². The Labute approximate surface area is 134 Å². The van der Waals surface area contributed by atoms with E-state index in [4.69, 9.17) is 0 Å². The molecule has 2 aromatic rings. The lowest BCUT2D eigenvalue weighted by molar-refractivity contribution is -0.108. The van der Waals surface area contributed by atoms with Crippen LogP contribution in [0.25, 0.3) is 0 Å². The van der Waals surface area contributed by atoms with Gasteiger partial charge in [0, 0.05) is 23.0 Å². The molecule has 3 rings (SSSR count). The Kier molecular flexibility index (Phi) is 4.32. The number of aldehydes is 1. The molecule has 0 radical (unpaired) electrons. The molecular weight excluding hydrogens is 296 g/mol. The van der Waals surface area contributed by atoms with Gasteiger partial charge in [-0.05, 0) is 23.9 Å². The Morgan fingerprint density at radius 2 is 2.05 bits per heavy atom. The van der Waals surface area contributed by atoms with Crippen molar-refractivity contribution in [3.05, 3.63) is 69.9 Å². The lowest BCUT2D eigenvalue weighted by Gasteiger charge is -2.41. The van der Waals surface area contributed by atoms with Gasteiger partial charge < -0.3 is 4.79 Å². The van der Waals surface area contributed by atoms with E-state index in [1.807, 2.05) is 11.8 Å². The van der Waals surface area contributed by atoms with Crippen LogP contribution in [-0.2, 0) is 9.54 Å². The summed E-state index contributed by atoms with van der Waals surface area (Å²) in [5.74, 6) is 1.23. The van der Waals surface area contributed by atoms with E-state index in [2.05, 4.69) is 60.8 Å². The SMILES string of the molecule is CC1=C[C@H](CC=O)C(c2ccccc2)(c2cccs2)SC1. The number of thioether (sulfide) groups is 1. The van der Waals surface area contributed by atoms with Crippen LogP contribution in [0.2, 0.25) is 0 Å². The van der Waals surface area contributed by atoms with Crippen LogP contribution in [0.1, 0.15) is 23.8 Å². The standard InChI is InChI=1S/C18H18OS2/c1-14-12-16(9-10-19)18(21-13-14,17-8-5-11-20-17)15-6-3-2-4-7-15/h2-8,10-12,16H,9,13H2,1H3/t16-,18?/m0/s1. The van der Waals surface area contributed by atoms with Crippen molar-refractivity contribution in [2.75, 3.05) is 5.75 Å². The number of rotatable bonds is 4. The third-order valence-electron chi connectivity index (χ3n) is 3.98. The smallest absolute Gasteiger partial charge is 0.120 e. The maximum atomic E-state index is 11.2. The number of carbonyl (C=O) groups excluding carboxylic acids is 1. The Morgan fingerprint density at radius 1 is 1.24 bits per heavy atom. The molecule has 2 atom stereocenters. The fraction of sp³-hybridized carbons (Fsp3) is 0.278. The molecule has 0 aliphatic carbocycles. The number of allylic oxidation sites excluding steroid dienone is 1. The highest BCUT2D eigenvalue weighted by Gasteiger charge is 2.44. The molecule has 2 heterocycles. The van der Waals surface area contributed by atoms with Gasteiger partial charge in [0.05, 0.1) is 4.75 Å². The quantitative estimate of drug-likeness (QED) is 0.590. The van der Waals surface area contributed by atoms with E-state index in [1.54, 1.807) is 11.3 Å². The average Bonchev–Trinajstić information content (AvgIpc) is 3.04. The molecule has 21 heavy (non-hydrogen) atoms. The molecule has 108 valence electrons. The summed E-state index contributed by atoms with van der Waals surface area (Å²) in [4.78, 5) is 12.6. The maximum Gasteiger partial charge on any atom is 0.120 e. The highest BCUT2D eigenvalue weighted by atomic mass is 32.2. The third kappa shape index (κ3) is 2.60. The molecule has 0 N–H and O–H groups in total. The van der Waals surface area contributed by atoms with Crippen molar-refractivity contribution in [2.24, 2.45) is 5.92 Å². The molecule has 1 aliphatic rings. The lowest BCUT2D eigenvalue weighted by atomic mass is 9.80. The van der Waals surface area contributed by atoms with Gasteiger partial charge >= 0.3 is 0 Å². The van der Waals surface area contributed by atoms with Crippen molar-refractivity contribution in [2.45, 2.75) is 18.1 Å². The van der Waals surface area contributed by atoms with Crippen LogP contribution >= 0.6 is 23.1 Å². The summed E-state index contributed by atoms with van der Waals surface area (Å²) in [6.45, 7) is 2.16. The van der Waals surface area contributed by atoms with E-state index in [0.717, 1.165) is 12.0 Å². The van der Waals surface area contributed by atoms with Gasteiger partial charge in [0.2, 0.25) is 0 Å². The zero-order valence-corrected chi connectivity index (χ0v) is 13.6. The molecule has 0 spiro atoms. The average molecular weight is 314 g/mol. The van der Waals surface area contributed by atoms with Crippen LogP contribution < -0.4 is 0 Å². The van der Waals surface area contributed by atoms with E-state index in [-0.39, 0.29) is 10.7 Å². The van der Waals surface area contributed by atoms with Gasteiger partial charge in [-0.1, -0.05) is 48.0 Å². The van der Waals surface area contributed by atoms with Crippen molar-refractivity contribution in [3.63, 3.8) is 0 Å². The minimum absolute atomic E-state index is 0.129. The molecule has 1 aromatic carbocycles. The Morgan fingerprint density at radius 3 is 2.71 bits per heavy atom. The van der Waals surface area contributed by atoms with Crippen LogP contribution in [-0.4, -0.2) is 12.0 Å². The molecule has 0 saturated heterocycles. The molecule has 1 aromatic heterocycles. The molecule has 0 fully saturated rings. The molecule has 1 aliphatic heterocycles. The Bertz CT molecular complexity index is 631. The van der Waals surface area contributed by atoms with Gasteiger partial charge in [0.15, 0.2) is 0 Å². The van der Waals surface area contributed by atoms with E-state index >= 15 is 0 Å². The Hall–Kier alpha value is -1.32. The second-order valence-corrected chi connectivity index (χ2v) is 7.56. The van der Waals surface area contributed by atoms with Crippen LogP contribution in [0.4, 0.5) is 0 Å². The summed E-state index contributed by atoms with van der Waals surface area (Å²) < 4.78 is -0.129. The highest BCUT2D eigenvalue weighted by molar-refractivity contribution is 8.00. The molecule has 0 bridgehead atoms. The van der Waals surface area contributed by atoms with Crippen LogP contribution in [0.3, 0.4) is 0 Å². The molecule has 1 nitrogen and oxygen atoms in total. The monoisotopic (exact) mass is 314 g/mol. The lowest BCUT2D eigenvalue weighted by Crippen LogP contribution is -2.35. The van der Waals surface area contributed by atoms with Crippen LogP contribution in [0.15, 0.2) is 59.5 Å². The summed E-state index contributed by atoms with van der Waals surface area (Å²) in [5, 5.41) is 2.13. The van der Waals surface area contributed by atoms with Crippen LogP contribution in [0, 0.1) is 5.92 Å². The first-order valence-electron chi connectivity index (χ1n) is 7.12. The van der Waals surface area contributed by atoms with Gasteiger partial charge in [-0.25, -0.2) is 0 Å². The van der Waals surface area contributed by atoms with Gasteiger partial charge in [0.1, 0.15) is 6.29 Å². The predicted octanol–water partition coefficient (Wildman–Crippen LogP) is 4.89. The van der Waals surface area contributed by atoms with Gasteiger partial charge in [0.25, 0.3) is 0 Å². The maximum absolute atomic E-state index is 11.2. The summed E-state index contributed by atoms with van der Waals surface area (Å²) in [5.41, 5.74) is 2.67. The molecular formula is C18H18OS2. The first-order chi connectivity index (χ1) is 10.3. The summed E-state index contributed by atoms with van der Waals surface area (Å²) >= 11 is 3.75. The normalized spacial score (nSPS) is 25.4. The van der Waals surface area contributed by atoms with Crippen LogP contribution in [0.5, 0.6) is 0 Å². The minimum Gasteiger partial charge on any atom is -0.303 e. The summed E-state index contributed by atoms with van der Waals surface area (Å²) in [6, 6.07) is 14.9. The number of carbonyl (C=O) groups is 1. The fourth-order valence-corrected chi connectivity index (χ4v) is 5.72. The van der Waals surface area contributed by atoms with E-state index in [9.17, 15) is 4.79 Å². The van der Waals surface area contributed by atoms with Crippen molar-refractivity contribution < 1.29 is 4.79 Å². The first-order valence-corrected chi connectivity index (χ1v) is 8.98. The highest BCUT2D eigenvalue weighted by Crippen LogP contribution is 2.54. The largest absolute Gasteiger partial charge is 0.303 e. The van der Waals surface area contributed by atoms with Crippen molar-refractivity contribution >= 4 is 29.4 Å². The second kappa shape index (κ2) is 6.20. The summed E-state index contributed by atoms with van der Waals surface area (Å²) in [6.07, 6.45) is 3.93. The molecule has 0 amide bonds. The second-order valence-electron chi connectivity index (χ2n) is 5.39. The molecule has 1 unspecified atom stereocenters. The van der Waals surface area contributed by atoms with E-state index in [1.165, 1.54) is 16.0 Å². The molecule has 3 heteroatoms. The van der Waals surface area contributed by atoms with Gasteiger partial charge in [-0.15, -0.1) is 23.1 Å². The zero-order valence-electron chi connectivity index (χ0n) is 12.0. The van der Waals surface area contributed by atoms with Crippen molar-refractivity contribution in [1.82, 2.24) is 0 Å². The third-order valence-corrected chi connectivity index (χ3v) is 6.92. The van der Waals surface area contributed by atoms with E-state index in [0.29, 0.717) is 6.42 Å². The minimum atomic E-state index is -0.129. The first kappa shape index (κ1) is 14.6. The summed E-state index contributed by atoms with van der Waals surface area (Å²) in [7, 11) is 0. The molecule has 0 saturated carbocycles. The Balaban J connectivity index is 2.19. The predicted molar refractivity (Wildman–Crippen MR) is 91.9 cm³/mol. The number of hydrogen-bond acceptors (Lipinski definition) is 3. The fourth-order valence-electron chi connectivity index (χ4n) is 3.05. The zero-order chi connectivity index (χ0) is 14.7. The van der Waals surface area contributed by atoms with Crippen molar-refractivity contribution in [3.8, 4) is 0 Å². The number of hydrogen-bond donors (Lipinski definition) is 0.